The number of anilines is 1. The summed E-state index contributed by atoms with van der Waals surface area (Å²) in [5, 5.41) is 3.58. The first-order valence-electron chi connectivity index (χ1n) is 7.93. The third-order valence-electron chi connectivity index (χ3n) is 4.34. The number of hydrogen-bond acceptors (Lipinski definition) is 2. The Bertz CT molecular complexity index is 1000. The number of benzene rings is 3. The highest BCUT2D eigenvalue weighted by molar-refractivity contribution is 6.11. The number of nitrogens with two attached hydrogens (primary N) is 1. The van der Waals surface area contributed by atoms with Gasteiger partial charge in [0.2, 0.25) is 0 Å². The van der Waals surface area contributed by atoms with E-state index in [-0.39, 0.29) is 0 Å². The lowest BCUT2D eigenvalue weighted by Crippen LogP contribution is -1.92. The molecule has 1 heterocycles. The first-order chi connectivity index (χ1) is 11.3. The molecule has 1 aromatic heterocycles. The zero-order chi connectivity index (χ0) is 15.8. The molecule has 4 aromatic rings. The van der Waals surface area contributed by atoms with Crippen molar-refractivity contribution in [3.8, 4) is 11.3 Å². The minimum atomic E-state index is 0.744. The number of nitrogens with zero attached hydrogens (tertiary/aromatic N) is 1. The van der Waals surface area contributed by atoms with Crippen molar-refractivity contribution in [1.82, 2.24) is 4.98 Å². The second kappa shape index (κ2) is 5.40. The summed E-state index contributed by atoms with van der Waals surface area (Å²) in [6.07, 6.45) is 1.02. The monoisotopic (exact) mass is 298 g/mol. The summed E-state index contributed by atoms with van der Waals surface area (Å²) in [6, 6.07) is 23.0. The second-order valence-electron chi connectivity index (χ2n) is 5.84. The summed E-state index contributed by atoms with van der Waals surface area (Å²) in [4.78, 5) is 4.93. The fraction of sp³-hybridized carbons (Fsp3) is 0.0952. The molecule has 0 bridgehead atoms. The van der Waals surface area contributed by atoms with Gasteiger partial charge in [-0.2, -0.15) is 0 Å². The average Bonchev–Trinajstić information content (AvgIpc) is 2.61. The number of rotatable bonds is 2. The standard InChI is InChI=1S/C21H18N2/c1-2-14-8-10-17-18-11-9-16(22)13-20(18)23-21(19(17)12-14)15-6-4-3-5-7-15/h3-13H,2,22H2,1H3. The van der Waals surface area contributed by atoms with Gasteiger partial charge in [0.15, 0.2) is 0 Å². The van der Waals surface area contributed by atoms with Crippen LogP contribution in [0.25, 0.3) is 32.9 Å². The number of aryl methyl sites for hydroxylation is 1. The van der Waals surface area contributed by atoms with E-state index in [1.807, 2.05) is 18.2 Å². The van der Waals surface area contributed by atoms with Crippen LogP contribution in [0, 0.1) is 0 Å². The van der Waals surface area contributed by atoms with Gasteiger partial charge >= 0.3 is 0 Å². The van der Waals surface area contributed by atoms with Crippen molar-refractivity contribution in [2.75, 3.05) is 5.73 Å². The zero-order valence-corrected chi connectivity index (χ0v) is 13.1. The minimum Gasteiger partial charge on any atom is -0.399 e. The number of pyridine rings is 1. The maximum absolute atomic E-state index is 5.96. The van der Waals surface area contributed by atoms with Crippen molar-refractivity contribution in [2.45, 2.75) is 13.3 Å². The Labute approximate surface area is 135 Å². The van der Waals surface area contributed by atoms with Gasteiger partial charge in [-0.1, -0.05) is 55.5 Å². The van der Waals surface area contributed by atoms with Crippen LogP contribution >= 0.6 is 0 Å². The summed E-state index contributed by atoms with van der Waals surface area (Å²) in [5.41, 5.74) is 11.1. The fourth-order valence-electron chi connectivity index (χ4n) is 3.11. The Hall–Kier alpha value is -2.87. The largest absolute Gasteiger partial charge is 0.399 e. The third kappa shape index (κ3) is 2.33. The Kier molecular flexibility index (Phi) is 3.23. The van der Waals surface area contributed by atoms with Crippen LogP contribution in [-0.2, 0) is 6.42 Å². The van der Waals surface area contributed by atoms with E-state index in [1.54, 1.807) is 0 Å². The van der Waals surface area contributed by atoms with E-state index in [2.05, 4.69) is 55.5 Å². The van der Waals surface area contributed by atoms with Gasteiger partial charge in [-0.3, -0.25) is 0 Å². The molecule has 2 heteroatoms. The van der Waals surface area contributed by atoms with Crippen molar-refractivity contribution in [2.24, 2.45) is 0 Å². The van der Waals surface area contributed by atoms with Gasteiger partial charge < -0.3 is 5.73 Å². The molecule has 112 valence electrons. The summed E-state index contributed by atoms with van der Waals surface area (Å²) >= 11 is 0. The maximum Gasteiger partial charge on any atom is 0.0788 e. The van der Waals surface area contributed by atoms with Crippen LogP contribution in [0.5, 0.6) is 0 Å². The quantitative estimate of drug-likeness (QED) is 0.408. The van der Waals surface area contributed by atoms with E-state index in [4.69, 9.17) is 10.7 Å². The van der Waals surface area contributed by atoms with Gasteiger partial charge in [0, 0.05) is 22.0 Å². The molecule has 2 N–H and O–H groups in total. The Morgan fingerprint density at radius 2 is 1.61 bits per heavy atom. The van der Waals surface area contributed by atoms with Gasteiger partial charge in [0.25, 0.3) is 0 Å². The number of aromatic nitrogens is 1. The smallest absolute Gasteiger partial charge is 0.0788 e. The van der Waals surface area contributed by atoms with Crippen LogP contribution in [0.15, 0.2) is 66.7 Å². The maximum atomic E-state index is 5.96. The van der Waals surface area contributed by atoms with E-state index in [1.165, 1.54) is 16.3 Å². The normalized spacial score (nSPS) is 11.2. The van der Waals surface area contributed by atoms with Gasteiger partial charge in [0.05, 0.1) is 11.2 Å². The van der Waals surface area contributed by atoms with Gasteiger partial charge in [-0.25, -0.2) is 4.98 Å². The first kappa shape index (κ1) is 13.8. The lowest BCUT2D eigenvalue weighted by Gasteiger charge is -2.12. The van der Waals surface area contributed by atoms with E-state index >= 15 is 0 Å². The van der Waals surface area contributed by atoms with Crippen molar-refractivity contribution >= 4 is 27.4 Å². The fourth-order valence-corrected chi connectivity index (χ4v) is 3.11. The average molecular weight is 298 g/mol. The van der Waals surface area contributed by atoms with Crippen LogP contribution < -0.4 is 5.73 Å². The van der Waals surface area contributed by atoms with Crippen LogP contribution in [0.4, 0.5) is 5.69 Å². The molecule has 0 aliphatic heterocycles. The summed E-state index contributed by atoms with van der Waals surface area (Å²) in [6.45, 7) is 2.18. The lowest BCUT2D eigenvalue weighted by molar-refractivity contribution is 1.15. The molecule has 0 aliphatic carbocycles. The molecule has 4 rings (SSSR count). The third-order valence-corrected chi connectivity index (χ3v) is 4.34. The summed E-state index contributed by atoms with van der Waals surface area (Å²) < 4.78 is 0. The highest BCUT2D eigenvalue weighted by Crippen LogP contribution is 2.33. The Balaban J connectivity index is 2.16. The van der Waals surface area contributed by atoms with Gasteiger partial charge in [-0.05, 0) is 35.6 Å². The van der Waals surface area contributed by atoms with Crippen LogP contribution in [0.1, 0.15) is 12.5 Å². The summed E-state index contributed by atoms with van der Waals surface area (Å²) in [5.74, 6) is 0. The topological polar surface area (TPSA) is 38.9 Å². The second-order valence-corrected chi connectivity index (χ2v) is 5.84. The Morgan fingerprint density at radius 3 is 2.39 bits per heavy atom. The molecule has 0 saturated heterocycles. The van der Waals surface area contributed by atoms with Crippen LogP contribution in [-0.4, -0.2) is 4.98 Å². The molecule has 0 unspecified atom stereocenters. The van der Waals surface area contributed by atoms with Gasteiger partial charge in [-0.15, -0.1) is 0 Å². The molecule has 23 heavy (non-hydrogen) atoms. The highest BCUT2D eigenvalue weighted by Gasteiger charge is 2.11. The van der Waals surface area contributed by atoms with E-state index in [0.717, 1.165) is 34.3 Å². The molecule has 0 saturated carbocycles. The van der Waals surface area contributed by atoms with Crippen molar-refractivity contribution in [3.63, 3.8) is 0 Å². The lowest BCUT2D eigenvalue weighted by atomic mass is 9.97. The Morgan fingerprint density at radius 1 is 0.826 bits per heavy atom. The predicted octanol–water partition coefficient (Wildman–Crippen LogP) is 5.20. The van der Waals surface area contributed by atoms with Crippen molar-refractivity contribution < 1.29 is 0 Å². The molecule has 2 nitrogen and oxygen atoms in total. The van der Waals surface area contributed by atoms with Crippen molar-refractivity contribution in [1.29, 1.82) is 0 Å². The zero-order valence-electron chi connectivity index (χ0n) is 13.1. The molecule has 0 atom stereocenters. The van der Waals surface area contributed by atoms with Crippen LogP contribution in [0.2, 0.25) is 0 Å². The first-order valence-corrected chi connectivity index (χ1v) is 7.93. The molecule has 0 radical (unpaired) electrons. The van der Waals surface area contributed by atoms with E-state index < -0.39 is 0 Å². The molecular formula is C21H18N2. The molecular weight excluding hydrogens is 280 g/mol. The molecule has 0 aliphatic rings. The van der Waals surface area contributed by atoms with Crippen molar-refractivity contribution in [3.05, 3.63) is 72.3 Å². The number of fused-ring (bicyclic) bond motifs is 3. The minimum absolute atomic E-state index is 0.744. The molecule has 3 aromatic carbocycles. The van der Waals surface area contributed by atoms with E-state index in [0.29, 0.717) is 0 Å². The molecule has 0 amide bonds. The van der Waals surface area contributed by atoms with Gasteiger partial charge in [0.1, 0.15) is 0 Å². The van der Waals surface area contributed by atoms with Crippen LogP contribution in [0.3, 0.4) is 0 Å². The van der Waals surface area contributed by atoms with E-state index in [9.17, 15) is 0 Å². The number of nitrogen functional groups attached to an aromatic ring is 1. The predicted molar refractivity (Wildman–Crippen MR) is 98.5 cm³/mol. The highest BCUT2D eigenvalue weighted by atomic mass is 14.7. The number of hydrogen-bond donors (Lipinski definition) is 1. The molecule has 0 spiro atoms. The summed E-state index contributed by atoms with van der Waals surface area (Å²) in [7, 11) is 0. The SMILES string of the molecule is CCc1ccc2c(c1)c(-c1ccccc1)nc1cc(N)ccc12. The molecule has 0 fully saturated rings.